The number of benzene rings is 1. The molecule has 4 aromatic rings. The van der Waals surface area contributed by atoms with Crippen molar-refractivity contribution in [1.29, 1.82) is 0 Å². The van der Waals surface area contributed by atoms with E-state index in [1.54, 1.807) is 23.7 Å². The molecule has 10 heteroatoms. The molecule has 0 bridgehead atoms. The summed E-state index contributed by atoms with van der Waals surface area (Å²) < 4.78 is 3.22. The first-order chi connectivity index (χ1) is 16.1. The molecule has 4 rings (SSSR count). The molecule has 7 nitrogen and oxygen atoms in total. The summed E-state index contributed by atoms with van der Waals surface area (Å²) >= 11 is 13.6. The molecule has 0 radical (unpaired) electrons. The standard InChI is InChI=1S/C24H25Cl2N5O2S/c1-12(2)14(4)27-21(32)10-17-11-34-24-28-15(5)22(23(33)30(17)24)20-8-13(3)31(29-20)16-6-7-18(25)19(26)9-16/h6-9,11-12,14H,10H2,1-5H3,(H,27,32)/t14-/m1/s1. The molecule has 1 aromatic carbocycles. The van der Waals surface area contributed by atoms with Crippen LogP contribution in [0.2, 0.25) is 10.0 Å². The Morgan fingerprint density at radius 2 is 1.88 bits per heavy atom. The lowest BCUT2D eigenvalue weighted by Gasteiger charge is -2.17. The summed E-state index contributed by atoms with van der Waals surface area (Å²) in [5.74, 6) is 0.186. The smallest absolute Gasteiger partial charge is 0.268 e. The van der Waals surface area contributed by atoms with Gasteiger partial charge in [0.1, 0.15) is 5.69 Å². The highest BCUT2D eigenvalue weighted by atomic mass is 35.5. The molecule has 3 aromatic heterocycles. The minimum Gasteiger partial charge on any atom is -0.353 e. The maximum atomic E-state index is 13.6. The molecule has 0 saturated heterocycles. The summed E-state index contributed by atoms with van der Waals surface area (Å²) in [6.07, 6.45) is 0.0951. The number of aryl methyl sites for hydroxylation is 2. The first-order valence-corrected chi connectivity index (χ1v) is 12.5. The fraction of sp³-hybridized carbons (Fsp3) is 0.333. The number of hydrogen-bond acceptors (Lipinski definition) is 5. The van der Waals surface area contributed by atoms with Gasteiger partial charge in [-0.15, -0.1) is 11.3 Å². The lowest BCUT2D eigenvalue weighted by molar-refractivity contribution is -0.121. The third-order valence-electron chi connectivity index (χ3n) is 5.84. The van der Waals surface area contributed by atoms with Gasteiger partial charge in [0.2, 0.25) is 5.91 Å². The van der Waals surface area contributed by atoms with Gasteiger partial charge in [-0.3, -0.25) is 14.0 Å². The Morgan fingerprint density at radius 3 is 2.56 bits per heavy atom. The molecule has 1 amide bonds. The predicted octanol–water partition coefficient (Wildman–Crippen LogP) is 5.24. The maximum Gasteiger partial charge on any atom is 0.268 e. The largest absolute Gasteiger partial charge is 0.353 e. The van der Waals surface area contributed by atoms with Crippen LogP contribution in [-0.4, -0.2) is 31.1 Å². The quantitative estimate of drug-likeness (QED) is 0.379. The highest BCUT2D eigenvalue weighted by Crippen LogP contribution is 2.27. The van der Waals surface area contributed by atoms with Crippen molar-refractivity contribution in [1.82, 2.24) is 24.5 Å². The maximum absolute atomic E-state index is 13.6. The van der Waals surface area contributed by atoms with Crippen LogP contribution in [0.15, 0.2) is 34.4 Å². The number of amides is 1. The summed E-state index contributed by atoms with van der Waals surface area (Å²) in [6, 6.07) is 7.12. The van der Waals surface area contributed by atoms with Gasteiger partial charge in [-0.2, -0.15) is 5.10 Å². The van der Waals surface area contributed by atoms with Gasteiger partial charge in [-0.05, 0) is 51.0 Å². The van der Waals surface area contributed by atoms with E-state index in [-0.39, 0.29) is 23.9 Å². The van der Waals surface area contributed by atoms with Crippen molar-refractivity contribution in [2.75, 3.05) is 0 Å². The number of hydrogen-bond donors (Lipinski definition) is 1. The van der Waals surface area contributed by atoms with Gasteiger partial charge in [-0.1, -0.05) is 37.0 Å². The molecule has 0 saturated carbocycles. The monoisotopic (exact) mass is 517 g/mol. The molecule has 3 heterocycles. The van der Waals surface area contributed by atoms with Crippen LogP contribution in [0.4, 0.5) is 0 Å². The van der Waals surface area contributed by atoms with Gasteiger partial charge in [0.15, 0.2) is 4.96 Å². The minimum atomic E-state index is -0.248. The SMILES string of the molecule is Cc1nc2scc(CC(=O)N[C@H](C)C(C)C)n2c(=O)c1-c1cc(C)n(-c2ccc(Cl)c(Cl)c2)n1. The Hall–Kier alpha value is -2.68. The van der Waals surface area contributed by atoms with E-state index >= 15 is 0 Å². The van der Waals surface area contributed by atoms with Crippen molar-refractivity contribution in [2.45, 2.75) is 47.1 Å². The number of rotatable bonds is 6. The van der Waals surface area contributed by atoms with E-state index in [2.05, 4.69) is 15.4 Å². The van der Waals surface area contributed by atoms with Gasteiger partial charge in [0.05, 0.1) is 33.4 Å². The Morgan fingerprint density at radius 1 is 1.15 bits per heavy atom. The number of nitrogens with zero attached hydrogens (tertiary/aromatic N) is 4. The zero-order valence-electron chi connectivity index (χ0n) is 19.5. The van der Waals surface area contributed by atoms with Crippen LogP contribution in [0.3, 0.4) is 0 Å². The number of thiazole rings is 1. The fourth-order valence-corrected chi connectivity index (χ4v) is 4.85. The minimum absolute atomic E-state index is 0.0402. The van der Waals surface area contributed by atoms with Gasteiger partial charge >= 0.3 is 0 Å². The van der Waals surface area contributed by atoms with Crippen molar-refractivity contribution in [3.8, 4) is 16.9 Å². The first-order valence-electron chi connectivity index (χ1n) is 10.9. The third-order valence-corrected chi connectivity index (χ3v) is 7.46. The topological polar surface area (TPSA) is 81.3 Å². The average Bonchev–Trinajstić information content (AvgIpc) is 3.33. The molecule has 178 valence electrons. The van der Waals surface area contributed by atoms with Gasteiger partial charge in [0.25, 0.3) is 5.56 Å². The highest BCUT2D eigenvalue weighted by Gasteiger charge is 2.21. The number of nitrogens with one attached hydrogen (secondary N) is 1. The van der Waals surface area contributed by atoms with Gasteiger partial charge in [-0.25, -0.2) is 9.67 Å². The Balaban J connectivity index is 1.76. The molecule has 1 atom stereocenters. The Bertz CT molecular complexity index is 1450. The van der Waals surface area contributed by atoms with E-state index in [0.717, 1.165) is 11.4 Å². The lowest BCUT2D eigenvalue weighted by Crippen LogP contribution is -2.37. The predicted molar refractivity (Wildman–Crippen MR) is 138 cm³/mol. The van der Waals surface area contributed by atoms with Crippen LogP contribution in [0.25, 0.3) is 21.9 Å². The zero-order chi connectivity index (χ0) is 24.7. The zero-order valence-corrected chi connectivity index (χ0v) is 21.8. The molecule has 0 spiro atoms. The molecule has 0 aliphatic carbocycles. The van der Waals surface area contributed by atoms with Crippen LogP contribution in [0.5, 0.6) is 0 Å². The number of halogens is 2. The van der Waals surface area contributed by atoms with E-state index in [1.165, 1.54) is 15.7 Å². The molecule has 0 fully saturated rings. The second kappa shape index (κ2) is 9.52. The van der Waals surface area contributed by atoms with E-state index in [1.807, 2.05) is 45.2 Å². The lowest BCUT2D eigenvalue weighted by atomic mass is 10.1. The molecular formula is C24H25Cl2N5O2S. The van der Waals surface area contributed by atoms with E-state index in [0.29, 0.717) is 43.6 Å². The van der Waals surface area contributed by atoms with Gasteiger partial charge < -0.3 is 5.32 Å². The van der Waals surface area contributed by atoms with Crippen LogP contribution in [0, 0.1) is 19.8 Å². The van der Waals surface area contributed by atoms with Crippen molar-refractivity contribution >= 4 is 45.4 Å². The first kappa shape index (κ1) is 24.4. The molecule has 34 heavy (non-hydrogen) atoms. The molecular weight excluding hydrogens is 493 g/mol. The van der Waals surface area contributed by atoms with Crippen molar-refractivity contribution < 1.29 is 4.79 Å². The number of carbonyl (C=O) groups is 1. The summed E-state index contributed by atoms with van der Waals surface area (Å²) in [5, 5.41) is 10.3. The third kappa shape index (κ3) is 4.62. The molecule has 0 aliphatic rings. The molecule has 0 unspecified atom stereocenters. The number of aromatic nitrogens is 4. The number of fused-ring (bicyclic) bond motifs is 1. The second-order valence-electron chi connectivity index (χ2n) is 8.68. The highest BCUT2D eigenvalue weighted by molar-refractivity contribution is 7.15. The summed E-state index contributed by atoms with van der Waals surface area (Å²) in [5.41, 5.74) is 3.39. The number of carbonyl (C=O) groups excluding carboxylic acids is 1. The van der Waals surface area contributed by atoms with Crippen LogP contribution >= 0.6 is 34.5 Å². The van der Waals surface area contributed by atoms with Crippen molar-refractivity contribution in [2.24, 2.45) is 5.92 Å². The second-order valence-corrected chi connectivity index (χ2v) is 10.3. The fourth-order valence-electron chi connectivity index (χ4n) is 3.64. The van der Waals surface area contributed by atoms with E-state index < -0.39 is 0 Å². The van der Waals surface area contributed by atoms with E-state index in [9.17, 15) is 9.59 Å². The van der Waals surface area contributed by atoms with Crippen molar-refractivity contribution in [3.63, 3.8) is 0 Å². The summed E-state index contributed by atoms with van der Waals surface area (Å²) in [6.45, 7) is 9.76. The summed E-state index contributed by atoms with van der Waals surface area (Å²) in [4.78, 5) is 31.4. The Labute approximate surface area is 211 Å². The Kier molecular flexibility index (Phi) is 6.85. The molecule has 0 aliphatic heterocycles. The normalized spacial score (nSPS) is 12.5. The van der Waals surface area contributed by atoms with Crippen LogP contribution in [-0.2, 0) is 11.2 Å². The van der Waals surface area contributed by atoms with Crippen molar-refractivity contribution in [3.05, 3.63) is 67.1 Å². The van der Waals surface area contributed by atoms with E-state index in [4.69, 9.17) is 23.2 Å². The van der Waals surface area contributed by atoms with Crippen LogP contribution in [0.1, 0.15) is 37.9 Å². The average molecular weight is 518 g/mol. The van der Waals surface area contributed by atoms with Gasteiger partial charge in [0, 0.05) is 22.8 Å². The molecule has 1 N–H and O–H groups in total. The summed E-state index contributed by atoms with van der Waals surface area (Å²) in [7, 11) is 0. The van der Waals surface area contributed by atoms with Crippen LogP contribution < -0.4 is 10.9 Å².